The van der Waals surface area contributed by atoms with Crippen LogP contribution in [0.4, 0.5) is 5.00 Å². The first kappa shape index (κ1) is 22.6. The van der Waals surface area contributed by atoms with E-state index in [4.69, 9.17) is 9.47 Å². The summed E-state index contributed by atoms with van der Waals surface area (Å²) >= 11 is 1.27. The summed E-state index contributed by atoms with van der Waals surface area (Å²) in [5.41, 5.74) is 2.26. The average Bonchev–Trinajstić information content (AvgIpc) is 3.07. The summed E-state index contributed by atoms with van der Waals surface area (Å²) in [7, 11) is 0. The van der Waals surface area contributed by atoms with Crippen molar-refractivity contribution in [1.29, 1.82) is 0 Å². The van der Waals surface area contributed by atoms with E-state index >= 15 is 0 Å². The monoisotopic (exact) mass is 417 g/mol. The number of amides is 1. The summed E-state index contributed by atoms with van der Waals surface area (Å²) in [6.07, 6.45) is 1.45. The molecule has 1 amide bonds. The van der Waals surface area contributed by atoms with Gasteiger partial charge in [0.2, 0.25) is 0 Å². The molecule has 1 heterocycles. The van der Waals surface area contributed by atoms with Gasteiger partial charge in [-0.3, -0.25) is 9.59 Å². The van der Waals surface area contributed by atoms with Crippen molar-refractivity contribution in [2.45, 2.75) is 40.0 Å². The first-order chi connectivity index (χ1) is 13.9. The second-order valence-corrected chi connectivity index (χ2v) is 7.86. The Hall–Kier alpha value is -2.67. The van der Waals surface area contributed by atoms with Crippen LogP contribution < -0.4 is 5.32 Å². The molecule has 0 spiro atoms. The maximum absolute atomic E-state index is 12.3. The molecule has 1 aromatic carbocycles. The number of esters is 2. The topological polar surface area (TPSA) is 81.7 Å². The first-order valence-corrected chi connectivity index (χ1v) is 10.6. The lowest BCUT2D eigenvalue weighted by Gasteiger charge is -2.10. The van der Waals surface area contributed by atoms with E-state index in [-0.39, 0.29) is 13.0 Å². The largest absolute Gasteiger partial charge is 0.462 e. The van der Waals surface area contributed by atoms with Gasteiger partial charge in [-0.15, -0.1) is 11.3 Å². The van der Waals surface area contributed by atoms with E-state index in [0.717, 1.165) is 11.1 Å². The number of aryl methyl sites for hydroxylation is 1. The van der Waals surface area contributed by atoms with Gasteiger partial charge in [-0.25, -0.2) is 4.79 Å². The van der Waals surface area contributed by atoms with Gasteiger partial charge in [0.15, 0.2) is 6.61 Å². The van der Waals surface area contributed by atoms with Crippen molar-refractivity contribution in [3.05, 3.63) is 52.4 Å². The Balaban J connectivity index is 1.91. The minimum atomic E-state index is -0.485. The Morgan fingerprint density at radius 3 is 2.48 bits per heavy atom. The third kappa shape index (κ3) is 7.34. The minimum Gasteiger partial charge on any atom is -0.462 e. The number of carbonyl (C=O) groups is 3. The molecule has 7 heteroatoms. The second-order valence-electron chi connectivity index (χ2n) is 6.98. The smallest absolute Gasteiger partial charge is 0.341 e. The van der Waals surface area contributed by atoms with E-state index in [9.17, 15) is 14.4 Å². The van der Waals surface area contributed by atoms with Crippen LogP contribution in [0.15, 0.2) is 35.7 Å². The summed E-state index contributed by atoms with van der Waals surface area (Å²) in [4.78, 5) is 36.5. The lowest BCUT2D eigenvalue weighted by Crippen LogP contribution is -2.22. The quantitative estimate of drug-likeness (QED) is 0.585. The van der Waals surface area contributed by atoms with Crippen LogP contribution in [-0.2, 0) is 31.9 Å². The molecule has 0 bridgehead atoms. The highest BCUT2D eigenvalue weighted by molar-refractivity contribution is 7.15. The van der Waals surface area contributed by atoms with Crippen LogP contribution in [0.25, 0.3) is 0 Å². The second kappa shape index (κ2) is 11.4. The van der Waals surface area contributed by atoms with Gasteiger partial charge in [-0.05, 0) is 42.2 Å². The molecule has 2 rings (SSSR count). The number of hydrogen-bond donors (Lipinski definition) is 1. The van der Waals surface area contributed by atoms with Crippen molar-refractivity contribution < 1.29 is 23.9 Å². The fourth-order valence-electron chi connectivity index (χ4n) is 2.77. The van der Waals surface area contributed by atoms with Gasteiger partial charge in [-0.2, -0.15) is 0 Å². The van der Waals surface area contributed by atoms with Gasteiger partial charge in [0.05, 0.1) is 12.2 Å². The maximum Gasteiger partial charge on any atom is 0.341 e. The zero-order chi connectivity index (χ0) is 21.2. The Labute approximate surface area is 175 Å². The highest BCUT2D eigenvalue weighted by Gasteiger charge is 2.22. The predicted molar refractivity (Wildman–Crippen MR) is 113 cm³/mol. The maximum atomic E-state index is 12.3. The van der Waals surface area contributed by atoms with Crippen molar-refractivity contribution in [3.63, 3.8) is 0 Å². The third-order valence-corrected chi connectivity index (χ3v) is 5.00. The molecule has 2 aromatic rings. The molecule has 6 nitrogen and oxygen atoms in total. The highest BCUT2D eigenvalue weighted by Crippen LogP contribution is 2.30. The molecule has 0 aliphatic carbocycles. The summed E-state index contributed by atoms with van der Waals surface area (Å²) in [5, 5.41) is 4.95. The van der Waals surface area contributed by atoms with Crippen molar-refractivity contribution in [2.75, 3.05) is 18.5 Å². The number of benzene rings is 1. The number of hydrogen-bond acceptors (Lipinski definition) is 6. The Morgan fingerprint density at radius 1 is 1.10 bits per heavy atom. The predicted octanol–water partition coefficient (Wildman–Crippen LogP) is 4.24. The van der Waals surface area contributed by atoms with Crippen molar-refractivity contribution in [2.24, 2.45) is 5.92 Å². The van der Waals surface area contributed by atoms with Crippen LogP contribution in [0.1, 0.15) is 48.7 Å². The molecular formula is C22H27NO5S. The van der Waals surface area contributed by atoms with Crippen LogP contribution in [0, 0.1) is 5.92 Å². The SMILES string of the molecule is CCOC(=O)c1c(CC(C)C)csc1NC(=O)COC(=O)CCc1ccccc1. The van der Waals surface area contributed by atoms with E-state index in [2.05, 4.69) is 19.2 Å². The van der Waals surface area contributed by atoms with Crippen LogP contribution in [0.2, 0.25) is 0 Å². The molecule has 29 heavy (non-hydrogen) atoms. The van der Waals surface area contributed by atoms with E-state index in [1.807, 2.05) is 35.7 Å². The lowest BCUT2D eigenvalue weighted by molar-refractivity contribution is -0.147. The summed E-state index contributed by atoms with van der Waals surface area (Å²) in [6, 6.07) is 9.59. The minimum absolute atomic E-state index is 0.197. The lowest BCUT2D eigenvalue weighted by atomic mass is 10.0. The van der Waals surface area contributed by atoms with Crippen LogP contribution in [-0.4, -0.2) is 31.1 Å². The molecule has 1 N–H and O–H groups in total. The molecule has 0 aliphatic rings. The molecule has 156 valence electrons. The number of anilines is 1. The zero-order valence-electron chi connectivity index (χ0n) is 17.0. The Morgan fingerprint density at radius 2 is 1.83 bits per heavy atom. The number of thiophene rings is 1. The average molecular weight is 418 g/mol. The molecule has 0 saturated carbocycles. The summed E-state index contributed by atoms with van der Waals surface area (Å²) in [5.74, 6) is -1.03. The Kier molecular flexibility index (Phi) is 8.86. The standard InChI is InChI=1S/C22H27NO5S/c1-4-27-22(26)20-17(12-15(2)3)14-29-21(20)23-18(24)13-28-19(25)11-10-16-8-6-5-7-9-16/h5-9,14-15H,4,10-13H2,1-3H3,(H,23,24). The molecule has 0 fully saturated rings. The van der Waals surface area contributed by atoms with Crippen LogP contribution in [0.5, 0.6) is 0 Å². The first-order valence-electron chi connectivity index (χ1n) is 9.67. The van der Waals surface area contributed by atoms with Gasteiger partial charge in [-0.1, -0.05) is 44.2 Å². The normalized spacial score (nSPS) is 10.6. The van der Waals surface area contributed by atoms with E-state index < -0.39 is 24.5 Å². The molecule has 0 saturated heterocycles. The molecule has 0 unspecified atom stereocenters. The Bertz CT molecular complexity index is 829. The molecule has 0 atom stereocenters. The van der Waals surface area contributed by atoms with Crippen LogP contribution in [0.3, 0.4) is 0 Å². The molecule has 0 aliphatic heterocycles. The fraction of sp³-hybridized carbons (Fsp3) is 0.409. The van der Waals surface area contributed by atoms with E-state index in [0.29, 0.717) is 29.3 Å². The van der Waals surface area contributed by atoms with Gasteiger partial charge < -0.3 is 14.8 Å². The van der Waals surface area contributed by atoms with Crippen molar-refractivity contribution in [3.8, 4) is 0 Å². The van der Waals surface area contributed by atoms with Crippen molar-refractivity contribution >= 4 is 34.2 Å². The number of rotatable bonds is 10. The van der Waals surface area contributed by atoms with Crippen molar-refractivity contribution in [1.82, 2.24) is 0 Å². The van der Waals surface area contributed by atoms with E-state index in [1.54, 1.807) is 6.92 Å². The number of nitrogens with one attached hydrogen (secondary N) is 1. The highest BCUT2D eigenvalue weighted by atomic mass is 32.1. The third-order valence-electron chi connectivity index (χ3n) is 4.05. The van der Waals surface area contributed by atoms with Gasteiger partial charge in [0, 0.05) is 6.42 Å². The van der Waals surface area contributed by atoms with Gasteiger partial charge in [0.1, 0.15) is 5.00 Å². The van der Waals surface area contributed by atoms with E-state index in [1.165, 1.54) is 11.3 Å². The fourth-order valence-corrected chi connectivity index (χ4v) is 3.75. The molecule has 1 aromatic heterocycles. The number of ether oxygens (including phenoxy) is 2. The zero-order valence-corrected chi connectivity index (χ0v) is 17.8. The van der Waals surface area contributed by atoms with Gasteiger partial charge >= 0.3 is 11.9 Å². The number of carbonyl (C=O) groups excluding carboxylic acids is 3. The molecule has 0 radical (unpaired) electrons. The van der Waals surface area contributed by atoms with Crippen LogP contribution >= 0.6 is 11.3 Å². The molecular weight excluding hydrogens is 390 g/mol. The summed E-state index contributed by atoms with van der Waals surface area (Å²) in [6.45, 7) is 5.70. The summed E-state index contributed by atoms with van der Waals surface area (Å²) < 4.78 is 10.2. The van der Waals surface area contributed by atoms with Gasteiger partial charge in [0.25, 0.3) is 5.91 Å².